The molecule has 0 saturated carbocycles. The van der Waals surface area contributed by atoms with Crippen molar-refractivity contribution in [3.63, 3.8) is 0 Å². The van der Waals surface area contributed by atoms with E-state index in [4.69, 9.17) is 16.7 Å². The van der Waals surface area contributed by atoms with Crippen molar-refractivity contribution in [2.75, 3.05) is 5.75 Å². The molecule has 1 rings (SSSR count). The zero-order chi connectivity index (χ0) is 11.7. The van der Waals surface area contributed by atoms with Gasteiger partial charge in [0.15, 0.2) is 0 Å². The maximum atomic E-state index is 10.1. The number of aliphatic carboxylic acids is 1. The van der Waals surface area contributed by atoms with E-state index in [-0.39, 0.29) is 5.92 Å². The number of benzene rings is 1. The molecule has 0 aliphatic heterocycles. The van der Waals surface area contributed by atoms with Crippen LogP contribution < -0.4 is 0 Å². The summed E-state index contributed by atoms with van der Waals surface area (Å²) < 4.78 is 0. The fourth-order valence-corrected chi connectivity index (χ4v) is 1.36. The zero-order valence-electron chi connectivity index (χ0n) is 8.56. The Morgan fingerprint density at radius 3 is 2.13 bits per heavy atom. The lowest BCUT2D eigenvalue weighted by atomic mass is 10.1. The summed E-state index contributed by atoms with van der Waals surface area (Å²) in [7, 11) is 0. The number of halogens is 1. The molecule has 15 heavy (non-hydrogen) atoms. The highest BCUT2D eigenvalue weighted by atomic mass is 35.5. The molecule has 0 aromatic heterocycles. The lowest BCUT2D eigenvalue weighted by Gasteiger charge is -2.02. The maximum absolute atomic E-state index is 10.1. The van der Waals surface area contributed by atoms with Gasteiger partial charge in [-0.2, -0.15) is 12.6 Å². The first-order valence-electron chi connectivity index (χ1n) is 4.66. The van der Waals surface area contributed by atoms with Gasteiger partial charge in [-0.05, 0) is 18.6 Å². The van der Waals surface area contributed by atoms with Crippen molar-refractivity contribution < 1.29 is 9.90 Å². The van der Waals surface area contributed by atoms with Gasteiger partial charge in [0.1, 0.15) is 0 Å². The second-order valence-electron chi connectivity index (χ2n) is 2.92. The van der Waals surface area contributed by atoms with E-state index in [2.05, 4.69) is 12.6 Å². The Morgan fingerprint density at radius 1 is 1.47 bits per heavy atom. The van der Waals surface area contributed by atoms with Crippen LogP contribution in [0, 0.1) is 5.92 Å². The van der Waals surface area contributed by atoms with Crippen molar-refractivity contribution in [3.05, 3.63) is 35.4 Å². The van der Waals surface area contributed by atoms with Gasteiger partial charge in [0.25, 0.3) is 0 Å². The lowest BCUT2D eigenvalue weighted by Crippen LogP contribution is -2.13. The number of carboxylic acid groups (broad SMARTS) is 1. The van der Waals surface area contributed by atoms with Gasteiger partial charge in [0, 0.05) is 10.8 Å². The van der Waals surface area contributed by atoms with Crippen LogP contribution in [0.5, 0.6) is 0 Å². The molecule has 0 aliphatic carbocycles. The van der Waals surface area contributed by atoms with E-state index < -0.39 is 5.97 Å². The highest BCUT2D eigenvalue weighted by Crippen LogP contribution is 2.03. The molecule has 1 atom stereocenters. The summed E-state index contributed by atoms with van der Waals surface area (Å²) in [4.78, 5) is 10.1. The van der Waals surface area contributed by atoms with Crippen molar-refractivity contribution in [2.24, 2.45) is 5.92 Å². The average Bonchev–Trinajstić information content (AvgIpc) is 2.21. The maximum Gasteiger partial charge on any atom is 0.307 e. The molecule has 1 aromatic carbocycles. The number of rotatable bonds is 3. The summed E-state index contributed by atoms with van der Waals surface area (Å²) in [6.45, 7) is 1.84. The molecule has 0 aliphatic rings. The molecule has 0 saturated heterocycles. The number of hydrogen-bond donors (Lipinski definition) is 2. The quantitative estimate of drug-likeness (QED) is 0.803. The summed E-state index contributed by atoms with van der Waals surface area (Å²) in [6, 6.07) is 9.44. The van der Waals surface area contributed by atoms with E-state index >= 15 is 0 Å². The Balaban J connectivity index is 0.000000262. The highest BCUT2D eigenvalue weighted by Gasteiger charge is 2.10. The molecule has 0 bridgehead atoms. The molecule has 1 N–H and O–H groups in total. The van der Waals surface area contributed by atoms with Crippen molar-refractivity contribution in [1.82, 2.24) is 0 Å². The third-order valence-electron chi connectivity index (χ3n) is 1.80. The van der Waals surface area contributed by atoms with Crippen LogP contribution in [-0.4, -0.2) is 16.8 Å². The monoisotopic (exact) mass is 246 g/mol. The van der Waals surface area contributed by atoms with Crippen LogP contribution in [0.25, 0.3) is 0 Å². The Morgan fingerprint density at radius 2 is 2.00 bits per heavy atom. The first kappa shape index (κ1) is 14.3. The second kappa shape index (κ2) is 8.62. The normalized spacial score (nSPS) is 11.1. The molecule has 84 valence electrons. The Labute approximate surface area is 101 Å². The standard InChI is InChI=1S/C6H5Cl.C5H10O2S/c7-6-4-2-1-3-5-6;1-2-4(3-8)5(6)7/h1-5H;4,8H,2-3H2,1H3,(H,6,7). The predicted molar refractivity (Wildman–Crippen MR) is 66.7 cm³/mol. The molecule has 2 nitrogen and oxygen atoms in total. The van der Waals surface area contributed by atoms with Crippen molar-refractivity contribution in [3.8, 4) is 0 Å². The van der Waals surface area contributed by atoms with E-state index in [1.165, 1.54) is 0 Å². The summed E-state index contributed by atoms with van der Waals surface area (Å²) in [5, 5.41) is 9.12. The van der Waals surface area contributed by atoms with Crippen LogP contribution in [0.4, 0.5) is 0 Å². The van der Waals surface area contributed by atoms with E-state index in [9.17, 15) is 4.79 Å². The molecule has 0 radical (unpaired) electrons. The van der Waals surface area contributed by atoms with Crippen LogP contribution >= 0.6 is 24.2 Å². The fraction of sp³-hybridized carbons (Fsp3) is 0.364. The van der Waals surface area contributed by atoms with Crippen LogP contribution in [0.3, 0.4) is 0 Å². The van der Waals surface area contributed by atoms with Gasteiger partial charge in [-0.3, -0.25) is 4.79 Å². The molecule has 0 amide bonds. The minimum absolute atomic E-state index is 0.265. The highest BCUT2D eigenvalue weighted by molar-refractivity contribution is 7.80. The van der Waals surface area contributed by atoms with Gasteiger partial charge in [-0.25, -0.2) is 0 Å². The van der Waals surface area contributed by atoms with Crippen LogP contribution in [0.15, 0.2) is 30.3 Å². The third-order valence-corrected chi connectivity index (χ3v) is 2.49. The Bertz CT molecular complexity index is 273. The van der Waals surface area contributed by atoms with Crippen LogP contribution in [0.1, 0.15) is 13.3 Å². The summed E-state index contributed by atoms with van der Waals surface area (Å²) in [5.41, 5.74) is 0. The Kier molecular flexibility index (Phi) is 8.24. The number of carbonyl (C=O) groups is 1. The van der Waals surface area contributed by atoms with Gasteiger partial charge in [-0.15, -0.1) is 0 Å². The topological polar surface area (TPSA) is 37.3 Å². The summed E-state index contributed by atoms with van der Waals surface area (Å²) in [5.74, 6) is -0.577. The molecule has 1 unspecified atom stereocenters. The first-order valence-corrected chi connectivity index (χ1v) is 5.67. The summed E-state index contributed by atoms with van der Waals surface area (Å²) in [6.07, 6.45) is 0.666. The van der Waals surface area contributed by atoms with Gasteiger partial charge in [0.05, 0.1) is 5.92 Å². The molecule has 4 heteroatoms. The lowest BCUT2D eigenvalue weighted by molar-refractivity contribution is -0.140. The number of hydrogen-bond acceptors (Lipinski definition) is 2. The molecule has 0 fully saturated rings. The molecule has 1 aromatic rings. The van der Waals surface area contributed by atoms with Crippen molar-refractivity contribution in [1.29, 1.82) is 0 Å². The molecule has 0 heterocycles. The smallest absolute Gasteiger partial charge is 0.307 e. The van der Waals surface area contributed by atoms with Gasteiger partial charge >= 0.3 is 5.97 Å². The third kappa shape index (κ3) is 7.28. The van der Waals surface area contributed by atoms with Gasteiger partial charge < -0.3 is 5.11 Å². The van der Waals surface area contributed by atoms with E-state index in [1.54, 1.807) is 0 Å². The molecular formula is C11H15ClO2S. The van der Waals surface area contributed by atoms with Crippen LogP contribution in [-0.2, 0) is 4.79 Å². The van der Waals surface area contributed by atoms with E-state index in [0.717, 1.165) is 5.02 Å². The van der Waals surface area contributed by atoms with Crippen molar-refractivity contribution >= 4 is 30.2 Å². The minimum Gasteiger partial charge on any atom is -0.481 e. The number of carboxylic acids is 1. The Hall–Kier alpha value is -0.670. The summed E-state index contributed by atoms with van der Waals surface area (Å²) >= 11 is 9.39. The van der Waals surface area contributed by atoms with Gasteiger partial charge in [0.2, 0.25) is 0 Å². The molecule has 0 spiro atoms. The van der Waals surface area contributed by atoms with Gasteiger partial charge in [-0.1, -0.05) is 36.7 Å². The molecular weight excluding hydrogens is 232 g/mol. The second-order valence-corrected chi connectivity index (χ2v) is 3.72. The zero-order valence-corrected chi connectivity index (χ0v) is 10.2. The SMILES string of the molecule is CCC(CS)C(=O)O.Clc1ccccc1. The van der Waals surface area contributed by atoms with E-state index in [1.807, 2.05) is 37.3 Å². The number of thiol groups is 1. The first-order chi connectivity index (χ1) is 7.11. The largest absolute Gasteiger partial charge is 0.481 e. The van der Waals surface area contributed by atoms with Crippen molar-refractivity contribution in [2.45, 2.75) is 13.3 Å². The van der Waals surface area contributed by atoms with Crippen LogP contribution in [0.2, 0.25) is 5.02 Å². The average molecular weight is 247 g/mol. The fourth-order valence-electron chi connectivity index (χ4n) is 0.796. The predicted octanol–water partition coefficient (Wildman–Crippen LogP) is 3.37. The minimum atomic E-state index is -0.748. The van der Waals surface area contributed by atoms with E-state index in [0.29, 0.717) is 12.2 Å².